The summed E-state index contributed by atoms with van der Waals surface area (Å²) in [4.78, 5) is 0. The molecule has 5 nitrogen and oxygen atoms in total. The maximum atomic E-state index is 11.7. The van der Waals surface area contributed by atoms with Crippen LogP contribution in [0.3, 0.4) is 0 Å². The van der Waals surface area contributed by atoms with Crippen molar-refractivity contribution in [3.05, 3.63) is 15.9 Å². The average Bonchev–Trinajstić information content (AvgIpc) is 2.92. The number of nitrogens with one attached hydrogen (secondary N) is 1. The minimum atomic E-state index is -2.85. The zero-order chi connectivity index (χ0) is 15.6. The predicted molar refractivity (Wildman–Crippen MR) is 88.3 cm³/mol. The minimum Gasteiger partial charge on any atom is -0.314 e. The second-order valence-corrected chi connectivity index (χ2v) is 8.71. The molecular weight excluding hydrogens is 354 g/mol. The summed E-state index contributed by atoms with van der Waals surface area (Å²) in [5, 5.41) is 7.99. The highest BCUT2D eigenvalue weighted by molar-refractivity contribution is 9.10. The molecule has 2 rings (SSSR count). The Bertz CT molecular complexity index is 598. The lowest BCUT2D eigenvalue weighted by Crippen LogP contribution is -2.39. The number of sulfone groups is 1. The van der Waals surface area contributed by atoms with Crippen molar-refractivity contribution >= 4 is 25.8 Å². The van der Waals surface area contributed by atoms with E-state index in [1.54, 1.807) is 0 Å². The third kappa shape index (κ3) is 3.87. The Balaban J connectivity index is 2.21. The van der Waals surface area contributed by atoms with Crippen molar-refractivity contribution in [3.8, 4) is 0 Å². The van der Waals surface area contributed by atoms with E-state index >= 15 is 0 Å². The first-order valence-electron chi connectivity index (χ1n) is 7.53. The van der Waals surface area contributed by atoms with Gasteiger partial charge < -0.3 is 5.32 Å². The van der Waals surface area contributed by atoms with Crippen LogP contribution in [-0.4, -0.2) is 42.3 Å². The summed E-state index contributed by atoms with van der Waals surface area (Å²) in [6.07, 6.45) is 1.57. The highest BCUT2D eigenvalue weighted by Crippen LogP contribution is 2.28. The summed E-state index contributed by atoms with van der Waals surface area (Å²) < 4.78 is 26.5. The van der Waals surface area contributed by atoms with E-state index in [1.807, 2.05) is 11.6 Å². The monoisotopic (exact) mass is 377 g/mol. The summed E-state index contributed by atoms with van der Waals surface area (Å²) in [6, 6.07) is 0.185. The Morgan fingerprint density at radius 1 is 1.48 bits per heavy atom. The summed E-state index contributed by atoms with van der Waals surface area (Å²) in [7, 11) is -2.85. The van der Waals surface area contributed by atoms with Crippen molar-refractivity contribution in [2.75, 3.05) is 18.1 Å². The highest BCUT2D eigenvalue weighted by Gasteiger charge is 2.34. The summed E-state index contributed by atoms with van der Waals surface area (Å²) >= 11 is 3.62. The van der Waals surface area contributed by atoms with Crippen molar-refractivity contribution in [1.82, 2.24) is 15.1 Å². The molecule has 1 fully saturated rings. The maximum absolute atomic E-state index is 11.7. The molecule has 2 atom stereocenters. The third-order valence-electron chi connectivity index (χ3n) is 4.17. The number of aromatic nitrogens is 2. The van der Waals surface area contributed by atoms with E-state index in [2.05, 4.69) is 40.2 Å². The van der Waals surface area contributed by atoms with E-state index in [-0.39, 0.29) is 12.0 Å². The van der Waals surface area contributed by atoms with Crippen LogP contribution in [-0.2, 0) is 22.8 Å². The molecule has 0 aliphatic carbocycles. The van der Waals surface area contributed by atoms with Crippen LogP contribution < -0.4 is 5.32 Å². The van der Waals surface area contributed by atoms with Crippen LogP contribution in [0.1, 0.15) is 31.7 Å². The minimum absolute atomic E-state index is 0.185. The molecule has 7 heteroatoms. The lowest BCUT2D eigenvalue weighted by Gasteiger charge is -2.24. The van der Waals surface area contributed by atoms with Crippen LogP contribution in [0, 0.1) is 12.8 Å². The van der Waals surface area contributed by atoms with Crippen LogP contribution in [0.25, 0.3) is 0 Å². The molecule has 2 heterocycles. The zero-order valence-corrected chi connectivity index (χ0v) is 15.3. The van der Waals surface area contributed by atoms with Gasteiger partial charge in [0.15, 0.2) is 9.84 Å². The Hall–Kier alpha value is -0.400. The molecular formula is C14H24BrN3O2S. The zero-order valence-electron chi connectivity index (χ0n) is 12.9. The van der Waals surface area contributed by atoms with Crippen LogP contribution in [0.2, 0.25) is 0 Å². The highest BCUT2D eigenvalue weighted by atomic mass is 79.9. The van der Waals surface area contributed by atoms with E-state index in [9.17, 15) is 8.42 Å². The van der Waals surface area contributed by atoms with E-state index in [4.69, 9.17) is 0 Å². The smallest absolute Gasteiger partial charge is 0.150 e. The molecule has 1 aliphatic rings. The summed E-state index contributed by atoms with van der Waals surface area (Å²) in [5.41, 5.74) is 2.14. The second-order valence-electron chi connectivity index (χ2n) is 5.69. The number of rotatable bonds is 6. The van der Waals surface area contributed by atoms with Crippen molar-refractivity contribution in [3.63, 3.8) is 0 Å². The molecule has 0 spiro atoms. The van der Waals surface area contributed by atoms with Gasteiger partial charge in [-0.05, 0) is 48.7 Å². The Labute approximate surface area is 135 Å². The third-order valence-corrected chi connectivity index (χ3v) is 6.99. The molecule has 0 saturated carbocycles. The molecule has 21 heavy (non-hydrogen) atoms. The molecule has 2 unspecified atom stereocenters. The molecule has 0 bridgehead atoms. The topological polar surface area (TPSA) is 64.0 Å². The number of likely N-dealkylation sites (N-methyl/N-ethyl adjacent to an activating group) is 1. The van der Waals surface area contributed by atoms with E-state index in [0.29, 0.717) is 11.5 Å². The SMILES string of the molecule is CCNC(Cc1c(Br)c(C)nn1CC)C1CCS(=O)(=O)C1. The van der Waals surface area contributed by atoms with Gasteiger partial charge in [-0.15, -0.1) is 0 Å². The fraction of sp³-hybridized carbons (Fsp3) is 0.786. The molecule has 0 aromatic carbocycles. The Morgan fingerprint density at radius 3 is 2.71 bits per heavy atom. The van der Waals surface area contributed by atoms with Crippen LogP contribution in [0.15, 0.2) is 4.47 Å². The van der Waals surface area contributed by atoms with Gasteiger partial charge in [-0.2, -0.15) is 5.10 Å². The van der Waals surface area contributed by atoms with Crippen LogP contribution >= 0.6 is 15.9 Å². The number of halogens is 1. The first kappa shape index (κ1) is 17.0. The Kier molecular flexibility index (Phi) is 5.48. The molecule has 1 aromatic heterocycles. The number of nitrogens with zero attached hydrogens (tertiary/aromatic N) is 2. The molecule has 0 amide bonds. The van der Waals surface area contributed by atoms with Gasteiger partial charge in [0.25, 0.3) is 0 Å². The lowest BCUT2D eigenvalue weighted by atomic mass is 9.95. The van der Waals surface area contributed by atoms with Gasteiger partial charge in [0.2, 0.25) is 0 Å². The van der Waals surface area contributed by atoms with Gasteiger partial charge >= 0.3 is 0 Å². The molecule has 0 radical (unpaired) electrons. The largest absolute Gasteiger partial charge is 0.314 e. The lowest BCUT2D eigenvalue weighted by molar-refractivity contribution is 0.377. The van der Waals surface area contributed by atoms with Crippen LogP contribution in [0.4, 0.5) is 0 Å². The number of hydrogen-bond donors (Lipinski definition) is 1. The van der Waals surface area contributed by atoms with Crippen molar-refractivity contribution in [2.45, 2.75) is 46.2 Å². The first-order chi connectivity index (χ1) is 9.88. The fourth-order valence-electron chi connectivity index (χ4n) is 3.08. The van der Waals surface area contributed by atoms with Crippen molar-refractivity contribution < 1.29 is 8.42 Å². The normalized spacial score (nSPS) is 22.6. The van der Waals surface area contributed by atoms with Crippen LogP contribution in [0.5, 0.6) is 0 Å². The van der Waals surface area contributed by atoms with E-state index < -0.39 is 9.84 Å². The standard InChI is InChI=1S/C14H24BrN3O2S/c1-4-16-12(11-6-7-21(19,20)9-11)8-13-14(15)10(3)17-18(13)5-2/h11-12,16H,4-9H2,1-3H3. The van der Waals surface area contributed by atoms with Crippen molar-refractivity contribution in [1.29, 1.82) is 0 Å². The summed E-state index contributed by atoms with van der Waals surface area (Å²) in [5.74, 6) is 0.830. The fourth-order valence-corrected chi connectivity index (χ4v) is 5.41. The summed E-state index contributed by atoms with van der Waals surface area (Å²) in [6.45, 7) is 7.79. The van der Waals surface area contributed by atoms with E-state index in [1.165, 1.54) is 0 Å². The van der Waals surface area contributed by atoms with Gasteiger partial charge in [0.1, 0.15) is 0 Å². The first-order valence-corrected chi connectivity index (χ1v) is 10.1. The molecule has 120 valence electrons. The molecule has 1 aliphatic heterocycles. The second kappa shape index (κ2) is 6.79. The maximum Gasteiger partial charge on any atom is 0.150 e. The van der Waals surface area contributed by atoms with Gasteiger partial charge in [-0.3, -0.25) is 4.68 Å². The average molecular weight is 378 g/mol. The van der Waals surface area contributed by atoms with Gasteiger partial charge in [0, 0.05) is 19.0 Å². The number of hydrogen-bond acceptors (Lipinski definition) is 4. The number of aryl methyl sites for hydroxylation is 2. The Morgan fingerprint density at radius 2 is 2.19 bits per heavy atom. The molecule has 1 aromatic rings. The van der Waals surface area contributed by atoms with Gasteiger partial charge in [-0.25, -0.2) is 8.42 Å². The predicted octanol–water partition coefficient (Wildman–Crippen LogP) is 1.93. The van der Waals surface area contributed by atoms with Gasteiger partial charge in [-0.1, -0.05) is 6.92 Å². The van der Waals surface area contributed by atoms with E-state index in [0.717, 1.165) is 41.8 Å². The molecule has 1 saturated heterocycles. The van der Waals surface area contributed by atoms with Crippen molar-refractivity contribution in [2.24, 2.45) is 5.92 Å². The quantitative estimate of drug-likeness (QED) is 0.822. The molecule has 1 N–H and O–H groups in total. The van der Waals surface area contributed by atoms with Gasteiger partial charge in [0.05, 0.1) is 27.4 Å².